The Kier molecular flexibility index (Phi) is 5.23. The lowest BCUT2D eigenvalue weighted by Crippen LogP contribution is -2.50. The monoisotopic (exact) mass is 284 g/mol. The minimum absolute atomic E-state index is 0.0750. The number of nitrogens with zero attached hydrogens (tertiary/aromatic N) is 1. The highest BCUT2D eigenvalue weighted by Crippen LogP contribution is 2.23. The van der Waals surface area contributed by atoms with E-state index in [0.29, 0.717) is 13.1 Å². The van der Waals surface area contributed by atoms with E-state index in [-0.39, 0.29) is 30.5 Å². The molecule has 0 spiro atoms. The van der Waals surface area contributed by atoms with Gasteiger partial charge in [0.1, 0.15) is 0 Å². The van der Waals surface area contributed by atoms with Crippen LogP contribution in [0.1, 0.15) is 38.5 Å². The van der Waals surface area contributed by atoms with E-state index in [1.165, 1.54) is 0 Å². The number of carbonyl (C=O) groups is 2. The van der Waals surface area contributed by atoms with Crippen LogP contribution in [-0.4, -0.2) is 54.4 Å². The highest BCUT2D eigenvalue weighted by Gasteiger charge is 2.31. The predicted octanol–water partition coefficient (Wildman–Crippen LogP) is 1.45. The van der Waals surface area contributed by atoms with Crippen LogP contribution in [0.2, 0.25) is 0 Å². The Morgan fingerprint density at radius 3 is 2.80 bits per heavy atom. The second kappa shape index (κ2) is 6.92. The first-order valence-corrected chi connectivity index (χ1v) is 7.40. The van der Waals surface area contributed by atoms with Crippen molar-refractivity contribution >= 4 is 12.0 Å². The molecule has 1 aliphatic heterocycles. The van der Waals surface area contributed by atoms with E-state index in [4.69, 9.17) is 9.84 Å². The lowest BCUT2D eigenvalue weighted by atomic mass is 9.95. The number of carboxylic acids is 1. The van der Waals surface area contributed by atoms with Crippen molar-refractivity contribution in [3.05, 3.63) is 0 Å². The summed E-state index contributed by atoms with van der Waals surface area (Å²) in [5.41, 5.74) is 0. The molecule has 2 amide bonds. The summed E-state index contributed by atoms with van der Waals surface area (Å²) < 4.78 is 5.37. The third-order valence-electron chi connectivity index (χ3n) is 4.33. The van der Waals surface area contributed by atoms with Gasteiger partial charge in [-0.25, -0.2) is 4.79 Å². The Morgan fingerprint density at radius 1 is 1.30 bits per heavy atom. The number of rotatable bonds is 4. The maximum absolute atomic E-state index is 12.3. The molecule has 3 unspecified atom stereocenters. The Balaban J connectivity index is 1.84. The summed E-state index contributed by atoms with van der Waals surface area (Å²) in [6.45, 7) is 1.26. The van der Waals surface area contributed by atoms with E-state index in [0.717, 1.165) is 32.1 Å². The van der Waals surface area contributed by atoms with Crippen LogP contribution in [0, 0.1) is 5.92 Å². The molecule has 1 saturated heterocycles. The molecule has 0 aromatic carbocycles. The van der Waals surface area contributed by atoms with Gasteiger partial charge in [0.15, 0.2) is 0 Å². The maximum atomic E-state index is 12.3. The van der Waals surface area contributed by atoms with Crippen LogP contribution in [0.15, 0.2) is 0 Å². The first kappa shape index (κ1) is 15.1. The molecule has 20 heavy (non-hydrogen) atoms. The summed E-state index contributed by atoms with van der Waals surface area (Å²) >= 11 is 0. The van der Waals surface area contributed by atoms with Crippen LogP contribution in [0.25, 0.3) is 0 Å². The first-order valence-electron chi connectivity index (χ1n) is 7.40. The van der Waals surface area contributed by atoms with E-state index in [1.807, 2.05) is 0 Å². The van der Waals surface area contributed by atoms with Gasteiger partial charge in [-0.05, 0) is 38.0 Å². The molecule has 2 aliphatic rings. The molecule has 6 nitrogen and oxygen atoms in total. The van der Waals surface area contributed by atoms with Gasteiger partial charge in [0.05, 0.1) is 12.1 Å². The van der Waals surface area contributed by atoms with Crippen LogP contribution < -0.4 is 5.32 Å². The van der Waals surface area contributed by atoms with Crippen molar-refractivity contribution in [2.45, 2.75) is 50.7 Å². The van der Waals surface area contributed by atoms with Crippen molar-refractivity contribution in [1.82, 2.24) is 10.2 Å². The maximum Gasteiger partial charge on any atom is 0.317 e. The lowest BCUT2D eigenvalue weighted by molar-refractivity contribution is -0.138. The number of aliphatic carboxylic acids is 1. The van der Waals surface area contributed by atoms with Crippen molar-refractivity contribution < 1.29 is 19.4 Å². The van der Waals surface area contributed by atoms with Gasteiger partial charge in [-0.3, -0.25) is 4.79 Å². The van der Waals surface area contributed by atoms with Gasteiger partial charge in [-0.2, -0.15) is 0 Å². The summed E-state index contributed by atoms with van der Waals surface area (Å²) in [6.07, 6.45) is 5.04. The summed E-state index contributed by atoms with van der Waals surface area (Å²) in [7, 11) is 1.68. The minimum atomic E-state index is -0.785. The Labute approximate surface area is 119 Å². The fraction of sp³-hybridized carbons (Fsp3) is 0.857. The minimum Gasteiger partial charge on any atom is -0.481 e. The summed E-state index contributed by atoms with van der Waals surface area (Å²) in [6, 6.07) is 0.0152. The molecular formula is C14H24N2O4. The highest BCUT2D eigenvalue weighted by atomic mass is 16.5. The Bertz CT molecular complexity index is 361. The molecule has 114 valence electrons. The molecular weight excluding hydrogens is 260 g/mol. The van der Waals surface area contributed by atoms with E-state index >= 15 is 0 Å². The topological polar surface area (TPSA) is 78.9 Å². The van der Waals surface area contributed by atoms with E-state index in [2.05, 4.69) is 5.32 Å². The molecule has 2 fully saturated rings. The Morgan fingerprint density at radius 2 is 2.10 bits per heavy atom. The van der Waals surface area contributed by atoms with Gasteiger partial charge in [-0.15, -0.1) is 0 Å². The number of ether oxygens (including phenoxy) is 1. The number of nitrogens with one attached hydrogen (secondary N) is 1. The third-order valence-corrected chi connectivity index (χ3v) is 4.33. The van der Waals surface area contributed by atoms with Crippen molar-refractivity contribution in [2.24, 2.45) is 5.92 Å². The van der Waals surface area contributed by atoms with Crippen molar-refractivity contribution in [3.63, 3.8) is 0 Å². The number of carbonyl (C=O) groups excluding carboxylic acids is 1. The molecule has 0 aromatic heterocycles. The van der Waals surface area contributed by atoms with Gasteiger partial charge in [0.25, 0.3) is 0 Å². The molecule has 3 atom stereocenters. The lowest BCUT2D eigenvalue weighted by Gasteiger charge is -2.33. The average Bonchev–Trinajstić information content (AvgIpc) is 2.85. The summed E-state index contributed by atoms with van der Waals surface area (Å²) in [4.78, 5) is 24.8. The van der Waals surface area contributed by atoms with Gasteiger partial charge in [0.2, 0.25) is 0 Å². The number of carboxylic acid groups (broad SMARTS) is 1. The van der Waals surface area contributed by atoms with Crippen molar-refractivity contribution in [3.8, 4) is 0 Å². The number of methoxy groups -OCH3 is 1. The molecule has 6 heteroatoms. The zero-order chi connectivity index (χ0) is 14.5. The molecule has 0 aromatic rings. The molecule has 0 bridgehead atoms. The quantitative estimate of drug-likeness (QED) is 0.819. The normalized spacial score (nSPS) is 30.2. The molecule has 2 N–H and O–H groups in total. The van der Waals surface area contributed by atoms with Crippen molar-refractivity contribution in [1.29, 1.82) is 0 Å². The summed E-state index contributed by atoms with van der Waals surface area (Å²) in [5.74, 6) is -0.707. The average molecular weight is 284 g/mol. The van der Waals surface area contributed by atoms with Gasteiger partial charge >= 0.3 is 12.0 Å². The molecule has 1 aliphatic carbocycles. The van der Waals surface area contributed by atoms with Gasteiger partial charge in [0, 0.05) is 26.6 Å². The van der Waals surface area contributed by atoms with Crippen LogP contribution in [0.3, 0.4) is 0 Å². The smallest absolute Gasteiger partial charge is 0.317 e. The van der Waals surface area contributed by atoms with Crippen LogP contribution in [0.4, 0.5) is 4.79 Å². The second-order valence-electron chi connectivity index (χ2n) is 5.81. The van der Waals surface area contributed by atoms with E-state index in [9.17, 15) is 9.59 Å². The Hall–Kier alpha value is -1.30. The van der Waals surface area contributed by atoms with Crippen LogP contribution >= 0.6 is 0 Å². The summed E-state index contributed by atoms with van der Waals surface area (Å²) in [5, 5.41) is 11.9. The molecule has 1 heterocycles. The number of hydrogen-bond acceptors (Lipinski definition) is 3. The largest absolute Gasteiger partial charge is 0.481 e. The fourth-order valence-electron chi connectivity index (χ4n) is 3.29. The SMILES string of the molecule is COC1CCCC1NC(=O)N1CCCC(CC(=O)O)C1. The number of piperidine rings is 1. The number of urea groups is 1. The van der Waals surface area contributed by atoms with Crippen molar-refractivity contribution in [2.75, 3.05) is 20.2 Å². The third kappa shape index (κ3) is 3.85. The molecule has 2 rings (SSSR count). The van der Waals surface area contributed by atoms with E-state index < -0.39 is 5.97 Å². The number of amides is 2. The van der Waals surface area contributed by atoms with E-state index in [1.54, 1.807) is 12.0 Å². The fourth-order valence-corrected chi connectivity index (χ4v) is 3.29. The molecule has 0 radical (unpaired) electrons. The zero-order valence-corrected chi connectivity index (χ0v) is 12.0. The zero-order valence-electron chi connectivity index (χ0n) is 12.0. The van der Waals surface area contributed by atoms with Gasteiger partial charge in [-0.1, -0.05) is 0 Å². The van der Waals surface area contributed by atoms with Crippen LogP contribution in [0.5, 0.6) is 0 Å². The number of likely N-dealkylation sites (tertiary alicyclic amines) is 1. The predicted molar refractivity (Wildman–Crippen MR) is 73.5 cm³/mol. The van der Waals surface area contributed by atoms with Gasteiger partial charge < -0.3 is 20.1 Å². The highest BCUT2D eigenvalue weighted by molar-refractivity contribution is 5.75. The standard InChI is InChI=1S/C14H24N2O4/c1-20-12-6-2-5-11(12)15-14(19)16-7-3-4-10(9-16)8-13(17)18/h10-12H,2-9H2,1H3,(H,15,19)(H,17,18). The second-order valence-corrected chi connectivity index (χ2v) is 5.81. The first-order chi connectivity index (χ1) is 9.60. The number of hydrogen-bond donors (Lipinski definition) is 2. The van der Waals surface area contributed by atoms with Crippen LogP contribution in [-0.2, 0) is 9.53 Å². The molecule has 1 saturated carbocycles.